The summed E-state index contributed by atoms with van der Waals surface area (Å²) in [7, 11) is -1.24. The third-order valence-corrected chi connectivity index (χ3v) is 3.65. The van der Waals surface area contributed by atoms with Gasteiger partial charge in [0.1, 0.15) is 0 Å². The predicted molar refractivity (Wildman–Crippen MR) is 63.5 cm³/mol. The minimum absolute atomic E-state index is 0.611. The summed E-state index contributed by atoms with van der Waals surface area (Å²) in [6.07, 6.45) is 8.13. The van der Waals surface area contributed by atoms with Crippen molar-refractivity contribution in [1.82, 2.24) is 9.97 Å². The first-order valence-corrected chi connectivity index (χ1v) is 6.67. The molecule has 0 aromatic carbocycles. The van der Waals surface area contributed by atoms with E-state index in [1.165, 1.54) is 0 Å². The van der Waals surface area contributed by atoms with Gasteiger partial charge in [-0.15, -0.1) is 0 Å². The topological polar surface area (TPSA) is 42.9 Å². The van der Waals surface area contributed by atoms with Gasteiger partial charge in [0.2, 0.25) is 0 Å². The summed E-state index contributed by atoms with van der Waals surface area (Å²) >= 11 is 0. The molecule has 0 aliphatic rings. The minimum atomic E-state index is -1.24. The van der Waals surface area contributed by atoms with Gasteiger partial charge in [-0.3, -0.25) is 9.97 Å². The maximum absolute atomic E-state index is 11.9. The van der Waals surface area contributed by atoms with Crippen LogP contribution in [0.1, 0.15) is 11.1 Å². The SMILES string of the molecule is O=[P+](Cc1ccncc1)Cc1ccncc1. The van der Waals surface area contributed by atoms with Gasteiger partial charge in [0.15, 0.2) is 12.3 Å². The van der Waals surface area contributed by atoms with E-state index < -0.39 is 7.80 Å². The highest BCUT2D eigenvalue weighted by molar-refractivity contribution is 7.42. The standard InChI is InChI=1S/C12H12N2OP/c15-16(9-11-1-5-13-6-2-11)10-12-3-7-14-8-4-12/h1-8H,9-10H2/q+1. The van der Waals surface area contributed by atoms with Crippen LogP contribution in [0.15, 0.2) is 49.1 Å². The Morgan fingerprint density at radius 2 is 1.19 bits per heavy atom. The lowest BCUT2D eigenvalue weighted by molar-refractivity contribution is 0.586. The molecule has 0 N–H and O–H groups in total. The van der Waals surface area contributed by atoms with Crippen molar-refractivity contribution >= 4 is 7.80 Å². The van der Waals surface area contributed by atoms with Crippen molar-refractivity contribution in [3.05, 3.63) is 60.2 Å². The molecule has 0 fully saturated rings. The highest BCUT2D eigenvalue weighted by atomic mass is 31.1. The molecule has 0 radical (unpaired) electrons. The van der Waals surface area contributed by atoms with Crippen LogP contribution in [0.25, 0.3) is 0 Å². The lowest BCUT2D eigenvalue weighted by Crippen LogP contribution is -1.84. The van der Waals surface area contributed by atoms with Crippen molar-refractivity contribution < 1.29 is 4.57 Å². The molecule has 0 aliphatic carbocycles. The van der Waals surface area contributed by atoms with Crippen LogP contribution >= 0.6 is 7.80 Å². The Labute approximate surface area is 95.4 Å². The highest BCUT2D eigenvalue weighted by Gasteiger charge is 2.16. The number of rotatable bonds is 4. The van der Waals surface area contributed by atoms with E-state index in [1.54, 1.807) is 24.8 Å². The highest BCUT2D eigenvalue weighted by Crippen LogP contribution is 2.30. The predicted octanol–water partition coefficient (Wildman–Crippen LogP) is 3.00. The molecule has 0 aliphatic heterocycles. The molecule has 4 heteroatoms. The number of hydrogen-bond acceptors (Lipinski definition) is 3. The number of pyridine rings is 2. The van der Waals surface area contributed by atoms with Crippen LogP contribution in [0.5, 0.6) is 0 Å². The molecule has 0 amide bonds. The van der Waals surface area contributed by atoms with Crippen molar-refractivity contribution in [3.63, 3.8) is 0 Å². The van der Waals surface area contributed by atoms with Gasteiger partial charge < -0.3 is 0 Å². The van der Waals surface area contributed by atoms with E-state index >= 15 is 0 Å². The Kier molecular flexibility index (Phi) is 3.73. The monoisotopic (exact) mass is 231 g/mol. The second-order valence-corrected chi connectivity index (χ2v) is 5.11. The molecule has 3 nitrogen and oxygen atoms in total. The van der Waals surface area contributed by atoms with Gasteiger partial charge in [-0.2, -0.15) is 0 Å². The van der Waals surface area contributed by atoms with Gasteiger partial charge in [-0.25, -0.2) is 0 Å². The Balaban J connectivity index is 1.95. The molecule has 0 bridgehead atoms. The van der Waals surface area contributed by atoms with Crippen molar-refractivity contribution in [2.45, 2.75) is 12.3 Å². The largest absolute Gasteiger partial charge is 0.348 e. The number of hydrogen-bond donors (Lipinski definition) is 0. The van der Waals surface area contributed by atoms with E-state index in [1.807, 2.05) is 24.3 Å². The molecule has 0 spiro atoms. The molecule has 2 heterocycles. The average molecular weight is 231 g/mol. The fourth-order valence-corrected chi connectivity index (χ4v) is 2.79. The van der Waals surface area contributed by atoms with Crippen molar-refractivity contribution in [3.8, 4) is 0 Å². The molecule has 2 aromatic rings. The van der Waals surface area contributed by atoms with Crippen LogP contribution in [-0.4, -0.2) is 9.97 Å². The fourth-order valence-electron chi connectivity index (χ4n) is 1.44. The van der Waals surface area contributed by atoms with Gasteiger partial charge in [0.05, 0.1) is 0 Å². The quantitative estimate of drug-likeness (QED) is 0.759. The molecule has 0 unspecified atom stereocenters. The summed E-state index contributed by atoms with van der Waals surface area (Å²) in [5.41, 5.74) is 2.15. The van der Waals surface area contributed by atoms with Crippen LogP contribution in [0, 0.1) is 0 Å². The molecule has 0 atom stereocenters. The molecule has 80 valence electrons. The zero-order valence-corrected chi connectivity index (χ0v) is 9.68. The molecule has 16 heavy (non-hydrogen) atoms. The molecular weight excluding hydrogens is 219 g/mol. The smallest absolute Gasteiger partial charge is 0.265 e. The van der Waals surface area contributed by atoms with Crippen molar-refractivity contribution in [2.75, 3.05) is 0 Å². The normalized spacial score (nSPS) is 10.0. The van der Waals surface area contributed by atoms with Gasteiger partial charge in [0.25, 0.3) is 0 Å². The first kappa shape index (κ1) is 10.9. The van der Waals surface area contributed by atoms with E-state index in [9.17, 15) is 4.57 Å². The van der Waals surface area contributed by atoms with Crippen LogP contribution < -0.4 is 0 Å². The van der Waals surface area contributed by atoms with E-state index in [0.29, 0.717) is 12.3 Å². The summed E-state index contributed by atoms with van der Waals surface area (Å²) in [4.78, 5) is 7.87. The maximum Gasteiger partial charge on any atom is 0.348 e. The van der Waals surface area contributed by atoms with Gasteiger partial charge >= 0.3 is 7.80 Å². The van der Waals surface area contributed by atoms with Gasteiger partial charge in [-0.05, 0) is 24.3 Å². The van der Waals surface area contributed by atoms with Crippen LogP contribution in [-0.2, 0) is 16.9 Å². The van der Waals surface area contributed by atoms with Crippen molar-refractivity contribution in [1.29, 1.82) is 0 Å². The fraction of sp³-hybridized carbons (Fsp3) is 0.167. The van der Waals surface area contributed by atoms with E-state index in [-0.39, 0.29) is 0 Å². The Bertz CT molecular complexity index is 415. The maximum atomic E-state index is 11.9. The third kappa shape index (κ3) is 3.21. The molecular formula is C12H12N2OP+. The molecule has 0 saturated carbocycles. The van der Waals surface area contributed by atoms with Crippen LogP contribution in [0.4, 0.5) is 0 Å². The summed E-state index contributed by atoms with van der Waals surface area (Å²) in [5.74, 6) is 0. The number of nitrogens with zero attached hydrogens (tertiary/aromatic N) is 2. The minimum Gasteiger partial charge on any atom is -0.265 e. The average Bonchev–Trinajstić information content (AvgIpc) is 2.31. The second kappa shape index (κ2) is 5.47. The molecule has 0 saturated heterocycles. The summed E-state index contributed by atoms with van der Waals surface area (Å²) < 4.78 is 11.9. The van der Waals surface area contributed by atoms with E-state index in [4.69, 9.17) is 0 Å². The Morgan fingerprint density at radius 1 is 0.812 bits per heavy atom. The summed E-state index contributed by atoms with van der Waals surface area (Å²) in [6, 6.07) is 7.61. The van der Waals surface area contributed by atoms with Gasteiger partial charge in [0, 0.05) is 35.9 Å². The van der Waals surface area contributed by atoms with Gasteiger partial charge in [-0.1, -0.05) is 4.57 Å². The lowest BCUT2D eigenvalue weighted by atomic mass is 10.3. The zero-order chi connectivity index (χ0) is 11.2. The van der Waals surface area contributed by atoms with Crippen LogP contribution in [0.2, 0.25) is 0 Å². The molecule has 2 aromatic heterocycles. The lowest BCUT2D eigenvalue weighted by Gasteiger charge is -1.92. The van der Waals surface area contributed by atoms with Crippen molar-refractivity contribution in [2.24, 2.45) is 0 Å². The third-order valence-electron chi connectivity index (χ3n) is 2.22. The molecule has 2 rings (SSSR count). The first-order valence-electron chi connectivity index (χ1n) is 5.04. The summed E-state index contributed by atoms with van der Waals surface area (Å²) in [5, 5.41) is 0. The Hall–Kier alpha value is -1.60. The second-order valence-electron chi connectivity index (χ2n) is 3.51. The summed E-state index contributed by atoms with van der Waals surface area (Å²) in [6.45, 7) is 0. The van der Waals surface area contributed by atoms with E-state index in [0.717, 1.165) is 11.1 Å². The Morgan fingerprint density at radius 3 is 1.56 bits per heavy atom. The zero-order valence-electron chi connectivity index (χ0n) is 8.78. The number of aromatic nitrogens is 2. The van der Waals surface area contributed by atoms with E-state index in [2.05, 4.69) is 9.97 Å². The first-order chi connectivity index (χ1) is 7.84. The van der Waals surface area contributed by atoms with Crippen LogP contribution in [0.3, 0.4) is 0 Å².